The van der Waals surface area contributed by atoms with E-state index in [1.54, 1.807) is 7.11 Å². The fourth-order valence-corrected chi connectivity index (χ4v) is 2.44. The van der Waals surface area contributed by atoms with E-state index in [2.05, 4.69) is 17.1 Å². The van der Waals surface area contributed by atoms with E-state index in [0.717, 1.165) is 28.0 Å². The highest BCUT2D eigenvalue weighted by Crippen LogP contribution is 2.30. The number of methoxy groups -OCH3 is 1. The van der Waals surface area contributed by atoms with Gasteiger partial charge in [0.05, 0.1) is 23.8 Å². The Morgan fingerprint density at radius 2 is 1.75 bits per heavy atom. The average molecular weight is 267 g/mol. The first-order valence-electron chi connectivity index (χ1n) is 6.50. The summed E-state index contributed by atoms with van der Waals surface area (Å²) in [6.07, 6.45) is 0. The van der Waals surface area contributed by atoms with Gasteiger partial charge in [0.25, 0.3) is 0 Å². The number of anilines is 1. The molecule has 0 aliphatic heterocycles. The predicted molar refractivity (Wildman–Crippen MR) is 81.5 cm³/mol. The number of imidazole rings is 1. The molecule has 1 aromatic heterocycles. The van der Waals surface area contributed by atoms with Crippen molar-refractivity contribution in [2.24, 2.45) is 0 Å². The van der Waals surface area contributed by atoms with E-state index in [1.807, 2.05) is 42.7 Å². The number of aromatic nitrogens is 2. The van der Waals surface area contributed by atoms with E-state index in [1.165, 1.54) is 5.56 Å². The summed E-state index contributed by atoms with van der Waals surface area (Å²) in [5.74, 6) is 1.25. The van der Waals surface area contributed by atoms with E-state index in [-0.39, 0.29) is 0 Å². The third kappa shape index (κ3) is 1.90. The van der Waals surface area contributed by atoms with Crippen LogP contribution in [0.1, 0.15) is 11.1 Å². The van der Waals surface area contributed by atoms with Crippen molar-refractivity contribution >= 4 is 17.0 Å². The van der Waals surface area contributed by atoms with Crippen molar-refractivity contribution in [3.63, 3.8) is 0 Å². The minimum Gasteiger partial charge on any atom is -0.495 e. The van der Waals surface area contributed by atoms with Gasteiger partial charge in [0.15, 0.2) is 0 Å². The number of nitrogens with zero attached hydrogens (tertiary/aromatic N) is 2. The topological polar surface area (TPSA) is 53.1 Å². The first kappa shape index (κ1) is 12.5. The lowest BCUT2D eigenvalue weighted by Crippen LogP contribution is -2.03. The van der Waals surface area contributed by atoms with Crippen LogP contribution in [0.3, 0.4) is 0 Å². The summed E-state index contributed by atoms with van der Waals surface area (Å²) < 4.78 is 7.38. The zero-order chi connectivity index (χ0) is 14.3. The van der Waals surface area contributed by atoms with E-state index >= 15 is 0 Å². The fraction of sp³-hybridized carbons (Fsp3) is 0.188. The molecule has 3 aromatic rings. The zero-order valence-electron chi connectivity index (χ0n) is 11.8. The Morgan fingerprint density at radius 3 is 2.50 bits per heavy atom. The molecule has 4 heteroatoms. The molecule has 3 rings (SSSR count). The monoisotopic (exact) mass is 267 g/mol. The Kier molecular flexibility index (Phi) is 2.86. The quantitative estimate of drug-likeness (QED) is 0.775. The highest BCUT2D eigenvalue weighted by Gasteiger charge is 2.14. The Hall–Kier alpha value is -2.49. The van der Waals surface area contributed by atoms with E-state index < -0.39 is 0 Å². The lowest BCUT2D eigenvalue weighted by atomic mass is 10.2. The van der Waals surface area contributed by atoms with Gasteiger partial charge in [0.1, 0.15) is 5.75 Å². The smallest absolute Gasteiger partial charge is 0.206 e. The van der Waals surface area contributed by atoms with Crippen LogP contribution in [0.15, 0.2) is 36.4 Å². The number of nitrogen functional groups attached to an aromatic ring is 1. The van der Waals surface area contributed by atoms with Gasteiger partial charge in [-0.2, -0.15) is 0 Å². The Labute approximate surface area is 117 Å². The second kappa shape index (κ2) is 4.56. The van der Waals surface area contributed by atoms with Gasteiger partial charge in [0.2, 0.25) is 5.95 Å². The second-order valence-corrected chi connectivity index (χ2v) is 4.97. The van der Waals surface area contributed by atoms with Crippen LogP contribution in [0, 0.1) is 13.8 Å². The van der Waals surface area contributed by atoms with Crippen LogP contribution in [-0.4, -0.2) is 16.7 Å². The fourth-order valence-electron chi connectivity index (χ4n) is 2.44. The largest absolute Gasteiger partial charge is 0.495 e. The molecule has 102 valence electrons. The molecule has 0 fully saturated rings. The maximum Gasteiger partial charge on any atom is 0.206 e. The van der Waals surface area contributed by atoms with E-state index in [4.69, 9.17) is 10.5 Å². The normalized spacial score (nSPS) is 10.9. The third-order valence-electron chi connectivity index (χ3n) is 3.41. The van der Waals surface area contributed by atoms with Gasteiger partial charge in [-0.15, -0.1) is 0 Å². The summed E-state index contributed by atoms with van der Waals surface area (Å²) in [7, 11) is 1.66. The van der Waals surface area contributed by atoms with Crippen molar-refractivity contribution < 1.29 is 4.74 Å². The van der Waals surface area contributed by atoms with Crippen LogP contribution < -0.4 is 10.5 Å². The summed E-state index contributed by atoms with van der Waals surface area (Å²) >= 11 is 0. The average Bonchev–Trinajstić information content (AvgIpc) is 2.73. The summed E-state index contributed by atoms with van der Waals surface area (Å²) in [5, 5.41) is 0. The Morgan fingerprint density at radius 1 is 1.05 bits per heavy atom. The second-order valence-electron chi connectivity index (χ2n) is 4.97. The van der Waals surface area contributed by atoms with Crippen molar-refractivity contribution in [3.05, 3.63) is 47.5 Å². The maximum atomic E-state index is 6.11. The first-order chi connectivity index (χ1) is 9.60. The lowest BCUT2D eigenvalue weighted by molar-refractivity contribution is 0.413. The lowest BCUT2D eigenvalue weighted by Gasteiger charge is -2.12. The molecule has 0 aliphatic carbocycles. The highest BCUT2D eigenvalue weighted by atomic mass is 16.5. The van der Waals surface area contributed by atoms with Gasteiger partial charge in [-0.25, -0.2) is 4.98 Å². The van der Waals surface area contributed by atoms with Gasteiger partial charge in [0, 0.05) is 0 Å². The molecule has 0 radical (unpaired) electrons. The molecule has 2 N–H and O–H groups in total. The number of ether oxygens (including phenoxy) is 1. The van der Waals surface area contributed by atoms with Crippen LogP contribution in [0.2, 0.25) is 0 Å². The van der Waals surface area contributed by atoms with Crippen LogP contribution in [0.4, 0.5) is 5.95 Å². The number of aryl methyl sites for hydroxylation is 2. The summed E-state index contributed by atoms with van der Waals surface area (Å²) in [6, 6.07) is 12.1. The molecule has 0 atom stereocenters. The predicted octanol–water partition coefficient (Wildman–Crippen LogP) is 3.23. The summed E-state index contributed by atoms with van der Waals surface area (Å²) in [4.78, 5) is 4.44. The number of hydrogen-bond donors (Lipinski definition) is 1. The van der Waals surface area contributed by atoms with Crippen molar-refractivity contribution in [3.8, 4) is 11.4 Å². The molecular formula is C16H17N3O. The number of nitrogens with two attached hydrogens (primary N) is 1. The van der Waals surface area contributed by atoms with Crippen molar-refractivity contribution in [1.82, 2.24) is 9.55 Å². The molecule has 0 saturated carbocycles. The van der Waals surface area contributed by atoms with Gasteiger partial charge in [-0.3, -0.25) is 4.57 Å². The van der Waals surface area contributed by atoms with Gasteiger partial charge in [-0.05, 0) is 49.2 Å². The molecule has 20 heavy (non-hydrogen) atoms. The molecule has 4 nitrogen and oxygen atoms in total. The van der Waals surface area contributed by atoms with E-state index in [9.17, 15) is 0 Å². The highest BCUT2D eigenvalue weighted by molar-refractivity contribution is 5.82. The number of hydrogen-bond acceptors (Lipinski definition) is 3. The molecule has 0 aliphatic rings. The van der Waals surface area contributed by atoms with Gasteiger partial charge in [-0.1, -0.05) is 12.1 Å². The Bertz CT molecular complexity index is 790. The minimum atomic E-state index is 0.467. The number of rotatable bonds is 2. The summed E-state index contributed by atoms with van der Waals surface area (Å²) in [5.41, 5.74) is 11.2. The molecular weight excluding hydrogens is 250 g/mol. The maximum absolute atomic E-state index is 6.11. The van der Waals surface area contributed by atoms with Crippen molar-refractivity contribution in [1.29, 1.82) is 0 Å². The van der Waals surface area contributed by atoms with E-state index in [0.29, 0.717) is 5.95 Å². The molecule has 1 heterocycles. The zero-order valence-corrected chi connectivity index (χ0v) is 11.8. The van der Waals surface area contributed by atoms with Crippen LogP contribution >= 0.6 is 0 Å². The number of benzene rings is 2. The summed E-state index contributed by atoms with van der Waals surface area (Å²) in [6.45, 7) is 4.09. The molecule has 0 bridgehead atoms. The Balaban J connectivity index is 2.34. The van der Waals surface area contributed by atoms with Gasteiger partial charge >= 0.3 is 0 Å². The van der Waals surface area contributed by atoms with Gasteiger partial charge < -0.3 is 10.5 Å². The van der Waals surface area contributed by atoms with Crippen molar-refractivity contribution in [2.45, 2.75) is 13.8 Å². The third-order valence-corrected chi connectivity index (χ3v) is 3.41. The molecule has 2 aromatic carbocycles. The van der Waals surface area contributed by atoms with Crippen LogP contribution in [0.5, 0.6) is 5.75 Å². The molecule has 0 spiro atoms. The molecule has 0 saturated heterocycles. The first-order valence-corrected chi connectivity index (χ1v) is 6.50. The van der Waals surface area contributed by atoms with Crippen LogP contribution in [0.25, 0.3) is 16.7 Å². The standard InChI is InChI=1S/C16H17N3O/c1-10-4-6-13-12(8-10)18-16(17)19(13)14-9-11(2)5-7-15(14)20-3/h4-9H,1-3H3,(H2,17,18). The molecule has 0 unspecified atom stereocenters. The minimum absolute atomic E-state index is 0.467. The SMILES string of the molecule is COc1ccc(C)cc1-n1c(N)nc2cc(C)ccc21. The van der Waals surface area contributed by atoms with Crippen LogP contribution in [-0.2, 0) is 0 Å². The number of fused-ring (bicyclic) bond motifs is 1. The molecule has 0 amide bonds. The van der Waals surface area contributed by atoms with Crippen molar-refractivity contribution in [2.75, 3.05) is 12.8 Å².